The molecule has 20 heavy (non-hydrogen) atoms. The average molecular weight is 290 g/mol. The van der Waals surface area contributed by atoms with E-state index in [1.54, 1.807) is 0 Å². The van der Waals surface area contributed by atoms with Crippen LogP contribution in [0.3, 0.4) is 0 Å². The van der Waals surface area contributed by atoms with E-state index >= 15 is 0 Å². The molecule has 0 fully saturated rings. The normalized spacial score (nSPS) is 14.4. The van der Waals surface area contributed by atoms with Crippen molar-refractivity contribution in [3.8, 4) is 0 Å². The van der Waals surface area contributed by atoms with Gasteiger partial charge in [0, 0.05) is 6.42 Å². The second-order valence-corrected chi connectivity index (χ2v) is 5.78. The van der Waals surface area contributed by atoms with E-state index in [1.807, 2.05) is 21.1 Å². The Bertz CT molecular complexity index is 336. The van der Waals surface area contributed by atoms with Crippen molar-refractivity contribution in [1.82, 2.24) is 0 Å². The molecule has 0 aliphatic carbocycles. The van der Waals surface area contributed by atoms with Crippen molar-refractivity contribution in [2.24, 2.45) is 0 Å². The summed E-state index contributed by atoms with van der Waals surface area (Å²) in [7, 11) is 5.59. The Kier molecular flexibility index (Phi) is 8.02. The first-order valence-corrected chi connectivity index (χ1v) is 6.47. The van der Waals surface area contributed by atoms with Crippen molar-refractivity contribution < 1.29 is 33.8 Å². The van der Waals surface area contributed by atoms with Gasteiger partial charge in [-0.05, 0) is 6.42 Å². The van der Waals surface area contributed by atoms with Gasteiger partial charge >= 0.3 is 11.9 Å². The first-order chi connectivity index (χ1) is 9.14. The molecule has 0 heterocycles. The highest BCUT2D eigenvalue weighted by Crippen LogP contribution is 2.09. The summed E-state index contributed by atoms with van der Waals surface area (Å²) < 4.78 is 5.56. The number of carboxylic acid groups (broad SMARTS) is 1. The molecule has 2 N–H and O–H groups in total. The third-order valence-electron chi connectivity index (χ3n) is 2.47. The van der Waals surface area contributed by atoms with Gasteiger partial charge in [0.15, 0.2) is 6.10 Å². The molecule has 0 aliphatic heterocycles. The van der Waals surface area contributed by atoms with Crippen LogP contribution in [0.5, 0.6) is 0 Å². The van der Waals surface area contributed by atoms with Crippen molar-refractivity contribution in [1.29, 1.82) is 0 Å². The molecule has 0 amide bonds. The lowest BCUT2D eigenvalue weighted by Crippen LogP contribution is -2.44. The SMILES string of the molecule is C[N+](C)(C)C[C@@H](CC(=O)O)OC(=O)CC(O)CCC=O. The number of carboxylic acids is 1. The number of esters is 1. The molecule has 0 aromatic rings. The number of quaternary nitrogens is 1. The number of hydrogen-bond donors (Lipinski definition) is 2. The Balaban J connectivity index is 4.37. The number of aldehydes is 1. The van der Waals surface area contributed by atoms with E-state index in [0.29, 0.717) is 17.3 Å². The molecule has 0 radical (unpaired) electrons. The summed E-state index contributed by atoms with van der Waals surface area (Å²) in [4.78, 5) is 32.5. The second-order valence-electron chi connectivity index (χ2n) is 5.78. The van der Waals surface area contributed by atoms with Crippen molar-refractivity contribution in [3.05, 3.63) is 0 Å². The van der Waals surface area contributed by atoms with Gasteiger partial charge in [0.25, 0.3) is 0 Å². The number of aliphatic hydroxyl groups excluding tert-OH is 1. The third kappa shape index (κ3) is 10.5. The molecule has 0 saturated heterocycles. The van der Waals surface area contributed by atoms with Gasteiger partial charge in [-0.3, -0.25) is 9.59 Å². The number of nitrogens with zero attached hydrogens (tertiary/aromatic N) is 1. The Morgan fingerprint density at radius 3 is 2.30 bits per heavy atom. The molecule has 0 aromatic heterocycles. The number of aliphatic hydroxyl groups is 1. The van der Waals surface area contributed by atoms with E-state index in [2.05, 4.69) is 0 Å². The van der Waals surface area contributed by atoms with E-state index in [9.17, 15) is 19.5 Å². The van der Waals surface area contributed by atoms with Crippen LogP contribution in [0.4, 0.5) is 0 Å². The van der Waals surface area contributed by atoms with E-state index < -0.39 is 24.1 Å². The lowest BCUT2D eigenvalue weighted by Gasteiger charge is -2.28. The van der Waals surface area contributed by atoms with Gasteiger partial charge in [-0.15, -0.1) is 0 Å². The van der Waals surface area contributed by atoms with Gasteiger partial charge in [0.2, 0.25) is 0 Å². The maximum Gasteiger partial charge on any atom is 0.308 e. The maximum atomic E-state index is 11.6. The summed E-state index contributed by atoms with van der Waals surface area (Å²) in [5.41, 5.74) is 0. The molecule has 0 rings (SSSR count). The number of ether oxygens (including phenoxy) is 1. The van der Waals surface area contributed by atoms with Gasteiger partial charge in [0.05, 0.1) is 40.1 Å². The van der Waals surface area contributed by atoms with Gasteiger partial charge in [-0.25, -0.2) is 0 Å². The molecule has 7 nitrogen and oxygen atoms in total. The van der Waals surface area contributed by atoms with E-state index in [4.69, 9.17) is 9.84 Å². The number of carbonyl (C=O) groups excluding carboxylic acids is 2. The Morgan fingerprint density at radius 2 is 1.85 bits per heavy atom. The van der Waals surface area contributed by atoms with Crippen LogP contribution < -0.4 is 0 Å². The molecule has 1 unspecified atom stereocenters. The van der Waals surface area contributed by atoms with Crippen molar-refractivity contribution in [2.45, 2.75) is 37.9 Å². The largest absolute Gasteiger partial charge is 0.481 e. The van der Waals surface area contributed by atoms with Gasteiger partial charge in [0.1, 0.15) is 12.8 Å². The Labute approximate surface area is 118 Å². The molecular weight excluding hydrogens is 266 g/mol. The standard InChI is InChI=1S/C13H23NO6/c1-14(2,3)9-11(8-12(17)18)20-13(19)7-10(16)5-4-6-15/h6,10-11,16H,4-5,7-9H2,1-3H3/p+1/t10?,11-/m1/s1. The monoisotopic (exact) mass is 290 g/mol. The molecule has 0 aromatic carbocycles. The quantitative estimate of drug-likeness (QED) is 0.328. The molecule has 0 aliphatic rings. The maximum absolute atomic E-state index is 11.6. The minimum atomic E-state index is -1.04. The summed E-state index contributed by atoms with van der Waals surface area (Å²) in [5.74, 6) is -1.69. The van der Waals surface area contributed by atoms with Crippen LogP contribution in [0.1, 0.15) is 25.7 Å². The van der Waals surface area contributed by atoms with E-state index in [1.165, 1.54) is 0 Å². The summed E-state index contributed by atoms with van der Waals surface area (Å²) in [6.45, 7) is 0.364. The molecule has 0 spiro atoms. The second kappa shape index (κ2) is 8.65. The molecule has 0 saturated carbocycles. The minimum absolute atomic E-state index is 0.173. The average Bonchev–Trinajstić information content (AvgIpc) is 2.22. The fraction of sp³-hybridized carbons (Fsp3) is 0.769. The number of hydrogen-bond acceptors (Lipinski definition) is 5. The first-order valence-electron chi connectivity index (χ1n) is 6.47. The molecule has 116 valence electrons. The predicted molar refractivity (Wildman–Crippen MR) is 71.0 cm³/mol. The summed E-state index contributed by atoms with van der Waals surface area (Å²) >= 11 is 0. The molecule has 2 atom stereocenters. The van der Waals surface area contributed by atoms with Crippen molar-refractivity contribution >= 4 is 18.2 Å². The summed E-state index contributed by atoms with van der Waals surface area (Å²) in [6, 6.07) is 0. The van der Waals surface area contributed by atoms with Gasteiger partial charge < -0.3 is 24.2 Å². The van der Waals surface area contributed by atoms with Crippen LogP contribution in [0.2, 0.25) is 0 Å². The minimum Gasteiger partial charge on any atom is -0.481 e. The number of carbonyl (C=O) groups is 3. The van der Waals surface area contributed by atoms with Gasteiger partial charge in [-0.2, -0.15) is 0 Å². The lowest BCUT2D eigenvalue weighted by molar-refractivity contribution is -0.873. The number of aliphatic carboxylic acids is 1. The highest BCUT2D eigenvalue weighted by Gasteiger charge is 2.25. The smallest absolute Gasteiger partial charge is 0.308 e. The van der Waals surface area contributed by atoms with Crippen LogP contribution in [-0.2, 0) is 19.1 Å². The number of rotatable bonds is 10. The third-order valence-corrected chi connectivity index (χ3v) is 2.47. The van der Waals surface area contributed by atoms with Crippen LogP contribution in [0.15, 0.2) is 0 Å². The van der Waals surface area contributed by atoms with Crippen LogP contribution in [0.25, 0.3) is 0 Å². The summed E-state index contributed by atoms with van der Waals surface area (Å²) in [6.07, 6.45) is -1.16. The zero-order valence-electron chi connectivity index (χ0n) is 12.2. The zero-order chi connectivity index (χ0) is 15.8. The molecule has 0 bridgehead atoms. The predicted octanol–water partition coefficient (Wildman–Crippen LogP) is -0.191. The van der Waals surface area contributed by atoms with Crippen molar-refractivity contribution in [3.63, 3.8) is 0 Å². The zero-order valence-corrected chi connectivity index (χ0v) is 12.2. The first kappa shape index (κ1) is 18.5. The number of likely N-dealkylation sites (N-methyl/N-ethyl adjacent to an activating group) is 1. The topological polar surface area (TPSA) is 101 Å². The summed E-state index contributed by atoms with van der Waals surface area (Å²) in [5, 5.41) is 18.3. The molecular formula is C13H24NO6+. The van der Waals surface area contributed by atoms with Crippen LogP contribution >= 0.6 is 0 Å². The van der Waals surface area contributed by atoms with Crippen molar-refractivity contribution in [2.75, 3.05) is 27.7 Å². The lowest BCUT2D eigenvalue weighted by atomic mass is 10.1. The van der Waals surface area contributed by atoms with Gasteiger partial charge in [-0.1, -0.05) is 0 Å². The Morgan fingerprint density at radius 1 is 1.25 bits per heavy atom. The van der Waals surface area contributed by atoms with Crippen LogP contribution in [0, 0.1) is 0 Å². The van der Waals surface area contributed by atoms with Crippen LogP contribution in [-0.4, -0.2) is 72.8 Å². The molecule has 7 heteroatoms. The van der Waals surface area contributed by atoms with E-state index in [-0.39, 0.29) is 25.7 Å². The Hall–Kier alpha value is -1.47. The van der Waals surface area contributed by atoms with E-state index in [0.717, 1.165) is 0 Å². The fourth-order valence-electron chi connectivity index (χ4n) is 1.74. The fourth-order valence-corrected chi connectivity index (χ4v) is 1.74. The highest BCUT2D eigenvalue weighted by molar-refractivity contribution is 5.72. The highest BCUT2D eigenvalue weighted by atomic mass is 16.5.